The number of para-hydroxylation sites is 1. The Morgan fingerprint density at radius 2 is 1.71 bits per heavy atom. The molecule has 3 aromatic heterocycles. The van der Waals surface area contributed by atoms with E-state index < -0.39 is 0 Å². The van der Waals surface area contributed by atoms with Gasteiger partial charge in [0.1, 0.15) is 4.83 Å². The minimum atomic E-state index is -0.0862. The van der Waals surface area contributed by atoms with E-state index in [-0.39, 0.29) is 5.56 Å². The second-order valence-electron chi connectivity index (χ2n) is 6.80. The SMILES string of the molecule is CCc1nnc(CSc2nc3sc(-c4ccccc4)cc3c(=O)n2-c2ccccc2)o1. The molecule has 5 aromatic rings. The van der Waals surface area contributed by atoms with Crippen LogP contribution < -0.4 is 5.56 Å². The molecule has 0 N–H and O–H groups in total. The van der Waals surface area contributed by atoms with Crippen LogP contribution in [0.15, 0.2) is 81.1 Å². The van der Waals surface area contributed by atoms with Crippen molar-refractivity contribution in [3.63, 3.8) is 0 Å². The van der Waals surface area contributed by atoms with E-state index in [0.29, 0.717) is 34.5 Å². The Morgan fingerprint density at radius 3 is 2.42 bits per heavy atom. The van der Waals surface area contributed by atoms with E-state index in [1.807, 2.05) is 73.7 Å². The number of thiophene rings is 1. The molecule has 0 spiro atoms. The number of rotatable bonds is 6. The minimum absolute atomic E-state index is 0.0862. The summed E-state index contributed by atoms with van der Waals surface area (Å²) < 4.78 is 7.28. The Balaban J connectivity index is 1.62. The first-order valence-corrected chi connectivity index (χ1v) is 11.6. The Hall–Kier alpha value is -3.23. The van der Waals surface area contributed by atoms with Crippen molar-refractivity contribution in [3.05, 3.63) is 88.9 Å². The first kappa shape index (κ1) is 19.7. The molecular weight excluding hydrogens is 428 g/mol. The first-order chi connectivity index (χ1) is 15.2. The van der Waals surface area contributed by atoms with E-state index in [0.717, 1.165) is 21.0 Å². The van der Waals surface area contributed by atoms with Crippen molar-refractivity contribution in [1.82, 2.24) is 19.7 Å². The Morgan fingerprint density at radius 1 is 1.00 bits per heavy atom. The van der Waals surface area contributed by atoms with Gasteiger partial charge in [-0.3, -0.25) is 9.36 Å². The van der Waals surface area contributed by atoms with Crippen LogP contribution in [0, 0.1) is 0 Å². The van der Waals surface area contributed by atoms with Gasteiger partial charge in [0.15, 0.2) is 5.16 Å². The molecular formula is C23H18N4O2S2. The van der Waals surface area contributed by atoms with Gasteiger partial charge in [-0.25, -0.2) is 4.98 Å². The molecule has 0 bridgehead atoms. The van der Waals surface area contributed by atoms with Gasteiger partial charge in [0.05, 0.1) is 16.8 Å². The maximum absolute atomic E-state index is 13.5. The zero-order chi connectivity index (χ0) is 21.2. The lowest BCUT2D eigenvalue weighted by Gasteiger charge is -2.11. The summed E-state index contributed by atoms with van der Waals surface area (Å²) >= 11 is 2.94. The zero-order valence-corrected chi connectivity index (χ0v) is 18.3. The molecule has 6 nitrogen and oxygen atoms in total. The Bertz CT molecular complexity index is 1390. The maximum atomic E-state index is 13.5. The monoisotopic (exact) mass is 446 g/mol. The molecule has 5 rings (SSSR count). The van der Waals surface area contributed by atoms with Gasteiger partial charge in [0, 0.05) is 11.3 Å². The molecule has 0 saturated heterocycles. The lowest BCUT2D eigenvalue weighted by atomic mass is 10.2. The maximum Gasteiger partial charge on any atom is 0.267 e. The average Bonchev–Trinajstić information content (AvgIpc) is 3.46. The van der Waals surface area contributed by atoms with Gasteiger partial charge in [-0.2, -0.15) is 0 Å². The second-order valence-corrected chi connectivity index (χ2v) is 8.77. The number of aryl methyl sites for hydroxylation is 1. The normalized spacial score (nSPS) is 11.3. The van der Waals surface area contributed by atoms with E-state index in [1.165, 1.54) is 23.1 Å². The third-order valence-electron chi connectivity index (χ3n) is 4.74. The van der Waals surface area contributed by atoms with Gasteiger partial charge in [-0.05, 0) is 23.8 Å². The number of hydrogen-bond donors (Lipinski definition) is 0. The fourth-order valence-electron chi connectivity index (χ4n) is 3.22. The Kier molecular flexibility index (Phi) is 5.40. The summed E-state index contributed by atoms with van der Waals surface area (Å²) in [6.07, 6.45) is 0.689. The summed E-state index contributed by atoms with van der Waals surface area (Å²) in [6.45, 7) is 1.97. The zero-order valence-electron chi connectivity index (χ0n) is 16.7. The third-order valence-corrected chi connectivity index (χ3v) is 6.74. The van der Waals surface area contributed by atoms with Crippen LogP contribution in [0.4, 0.5) is 0 Å². The van der Waals surface area contributed by atoms with Crippen molar-refractivity contribution >= 4 is 33.3 Å². The van der Waals surface area contributed by atoms with Crippen LogP contribution in [0.25, 0.3) is 26.3 Å². The van der Waals surface area contributed by atoms with Crippen LogP contribution in [0.3, 0.4) is 0 Å². The van der Waals surface area contributed by atoms with Crippen LogP contribution in [0.5, 0.6) is 0 Å². The van der Waals surface area contributed by atoms with E-state index in [2.05, 4.69) is 10.2 Å². The van der Waals surface area contributed by atoms with E-state index in [4.69, 9.17) is 9.40 Å². The summed E-state index contributed by atoms with van der Waals surface area (Å²) in [5, 5.41) is 9.31. The highest BCUT2D eigenvalue weighted by molar-refractivity contribution is 7.98. The number of benzene rings is 2. The fourth-order valence-corrected chi connectivity index (χ4v) is 5.15. The van der Waals surface area contributed by atoms with Crippen LogP contribution in [-0.2, 0) is 12.2 Å². The highest BCUT2D eigenvalue weighted by Crippen LogP contribution is 2.33. The van der Waals surface area contributed by atoms with E-state index in [1.54, 1.807) is 4.57 Å². The topological polar surface area (TPSA) is 73.8 Å². The highest BCUT2D eigenvalue weighted by Gasteiger charge is 2.17. The molecule has 0 radical (unpaired) electrons. The van der Waals surface area contributed by atoms with Crippen molar-refractivity contribution in [2.24, 2.45) is 0 Å². The van der Waals surface area contributed by atoms with Crippen molar-refractivity contribution in [1.29, 1.82) is 0 Å². The molecule has 2 aromatic carbocycles. The van der Waals surface area contributed by atoms with Gasteiger partial charge in [0.25, 0.3) is 5.56 Å². The third kappa shape index (κ3) is 3.92. The van der Waals surface area contributed by atoms with Crippen LogP contribution in [0.1, 0.15) is 18.7 Å². The molecule has 8 heteroatoms. The van der Waals surface area contributed by atoms with E-state index >= 15 is 0 Å². The first-order valence-electron chi connectivity index (χ1n) is 9.84. The largest absolute Gasteiger partial charge is 0.424 e. The van der Waals surface area contributed by atoms with Gasteiger partial charge in [-0.1, -0.05) is 67.2 Å². The number of fused-ring (bicyclic) bond motifs is 1. The molecule has 0 amide bonds. The lowest BCUT2D eigenvalue weighted by Crippen LogP contribution is -2.21. The molecule has 0 aliphatic rings. The van der Waals surface area contributed by atoms with Crippen molar-refractivity contribution in [3.8, 4) is 16.1 Å². The highest BCUT2D eigenvalue weighted by atomic mass is 32.2. The van der Waals surface area contributed by atoms with Crippen molar-refractivity contribution < 1.29 is 4.42 Å². The van der Waals surface area contributed by atoms with Crippen LogP contribution >= 0.6 is 23.1 Å². The number of nitrogens with zero attached hydrogens (tertiary/aromatic N) is 4. The molecule has 3 heterocycles. The molecule has 0 aliphatic heterocycles. The molecule has 0 unspecified atom stereocenters. The summed E-state index contributed by atoms with van der Waals surface area (Å²) in [6, 6.07) is 21.5. The average molecular weight is 447 g/mol. The van der Waals surface area contributed by atoms with Gasteiger partial charge in [-0.15, -0.1) is 21.5 Å². The fraction of sp³-hybridized carbons (Fsp3) is 0.130. The molecule has 154 valence electrons. The number of hydrogen-bond acceptors (Lipinski definition) is 7. The lowest BCUT2D eigenvalue weighted by molar-refractivity contribution is 0.469. The van der Waals surface area contributed by atoms with Gasteiger partial charge >= 0.3 is 0 Å². The van der Waals surface area contributed by atoms with Crippen molar-refractivity contribution in [2.45, 2.75) is 24.3 Å². The van der Waals surface area contributed by atoms with Gasteiger partial charge in [0.2, 0.25) is 11.8 Å². The smallest absolute Gasteiger partial charge is 0.267 e. The summed E-state index contributed by atoms with van der Waals surface area (Å²) in [7, 11) is 0. The molecule has 0 aliphatic carbocycles. The van der Waals surface area contributed by atoms with E-state index in [9.17, 15) is 4.79 Å². The Labute approximate surface area is 186 Å². The van der Waals surface area contributed by atoms with Crippen molar-refractivity contribution in [2.75, 3.05) is 0 Å². The van der Waals surface area contributed by atoms with Crippen LogP contribution in [0.2, 0.25) is 0 Å². The summed E-state index contributed by atoms with van der Waals surface area (Å²) in [5.74, 6) is 1.56. The quantitative estimate of drug-likeness (QED) is 0.258. The molecule has 0 saturated carbocycles. The molecule has 0 atom stereocenters. The number of thioether (sulfide) groups is 1. The predicted octanol–water partition coefficient (Wildman–Crippen LogP) is 5.35. The van der Waals surface area contributed by atoms with Crippen LogP contribution in [-0.4, -0.2) is 19.7 Å². The standard InChI is InChI=1S/C23H18N4O2S2/c1-2-19-25-26-20(29-19)14-30-23-24-21-17(13-18(31-21)15-9-5-3-6-10-15)22(28)27(23)16-11-7-4-8-12-16/h3-13H,2,14H2,1H3. The predicted molar refractivity (Wildman–Crippen MR) is 124 cm³/mol. The molecule has 0 fully saturated rings. The van der Waals surface area contributed by atoms with Gasteiger partial charge < -0.3 is 4.42 Å². The minimum Gasteiger partial charge on any atom is -0.424 e. The second kappa shape index (κ2) is 8.49. The number of aromatic nitrogens is 4. The molecule has 31 heavy (non-hydrogen) atoms. The summed E-state index contributed by atoms with van der Waals surface area (Å²) in [4.78, 5) is 20.1. The summed E-state index contributed by atoms with van der Waals surface area (Å²) in [5.41, 5.74) is 1.76.